The van der Waals surface area contributed by atoms with Crippen molar-refractivity contribution in [3.8, 4) is 0 Å². The smallest absolute Gasteiger partial charge is 0.327 e. The average Bonchev–Trinajstić information content (AvgIpc) is 3.38. The topological polar surface area (TPSA) is 87.3 Å². The molecule has 1 aromatic rings. The summed E-state index contributed by atoms with van der Waals surface area (Å²) in [7, 11) is 0. The third-order valence-corrected chi connectivity index (χ3v) is 3.84. The number of benzene rings is 1. The van der Waals surface area contributed by atoms with Crippen LogP contribution in [0.4, 0.5) is 4.39 Å². The van der Waals surface area contributed by atoms with Gasteiger partial charge in [-0.2, -0.15) is 0 Å². The van der Waals surface area contributed by atoms with Gasteiger partial charge in [-0.25, -0.2) is 4.39 Å². The van der Waals surface area contributed by atoms with Crippen molar-refractivity contribution >= 4 is 17.7 Å². The molecule has 2 saturated carbocycles. The van der Waals surface area contributed by atoms with Crippen molar-refractivity contribution in [3.05, 3.63) is 35.6 Å². The van der Waals surface area contributed by atoms with E-state index in [0.29, 0.717) is 6.42 Å². The van der Waals surface area contributed by atoms with E-state index in [1.54, 1.807) is 12.1 Å². The molecule has 0 aliphatic heterocycles. The summed E-state index contributed by atoms with van der Waals surface area (Å²) in [5.74, 6) is -2.52. The maximum atomic E-state index is 12.8. The number of hydrogen-bond acceptors (Lipinski definition) is 3. The van der Waals surface area contributed by atoms with E-state index in [-0.39, 0.29) is 29.6 Å². The van der Waals surface area contributed by atoms with Gasteiger partial charge in [0.1, 0.15) is 5.82 Å². The highest BCUT2D eigenvalue weighted by Crippen LogP contribution is 2.47. The first kappa shape index (κ1) is 14.5. The van der Waals surface area contributed by atoms with Crippen LogP contribution in [0.25, 0.3) is 0 Å². The van der Waals surface area contributed by atoms with Gasteiger partial charge in [-0.05, 0) is 42.9 Å². The fourth-order valence-corrected chi connectivity index (χ4v) is 2.31. The van der Waals surface area contributed by atoms with Crippen LogP contribution in [-0.2, 0) is 14.4 Å². The van der Waals surface area contributed by atoms with Gasteiger partial charge < -0.3 is 5.32 Å². The molecular weight excluding hydrogens is 289 g/mol. The number of rotatable bonds is 3. The highest BCUT2D eigenvalue weighted by Gasteiger charge is 2.44. The van der Waals surface area contributed by atoms with Crippen LogP contribution in [0, 0.1) is 11.7 Å². The number of halogens is 1. The normalized spacial score (nSPS) is 22.6. The second kappa shape index (κ2) is 5.75. The van der Waals surface area contributed by atoms with E-state index in [2.05, 4.69) is 16.2 Å². The van der Waals surface area contributed by atoms with Crippen molar-refractivity contribution in [2.45, 2.75) is 31.2 Å². The first-order chi connectivity index (χ1) is 10.5. The fraction of sp³-hybridized carbons (Fsp3) is 0.400. The van der Waals surface area contributed by atoms with Gasteiger partial charge in [0.2, 0.25) is 5.91 Å². The zero-order valence-corrected chi connectivity index (χ0v) is 11.8. The molecule has 22 heavy (non-hydrogen) atoms. The van der Waals surface area contributed by atoms with Crippen LogP contribution in [0.1, 0.15) is 30.7 Å². The zero-order valence-electron chi connectivity index (χ0n) is 11.8. The lowest BCUT2D eigenvalue weighted by Gasteiger charge is -2.07. The highest BCUT2D eigenvalue weighted by molar-refractivity contribution is 6.35. The standard InChI is InChI=1S/C15H16FN3O3/c16-9-3-1-8(2-4-9)11-7-12(11)13(20)18-19-15(22)14(21)17-10-5-6-10/h1-4,10-12H,5-7H2,(H,17,21)(H,18,20)(H,19,22). The maximum absolute atomic E-state index is 12.8. The minimum atomic E-state index is -0.876. The van der Waals surface area contributed by atoms with E-state index < -0.39 is 11.8 Å². The molecule has 1 aromatic carbocycles. The summed E-state index contributed by atoms with van der Waals surface area (Å²) in [6.45, 7) is 0. The first-order valence-electron chi connectivity index (χ1n) is 7.21. The quantitative estimate of drug-likeness (QED) is 0.556. The number of carbonyl (C=O) groups is 3. The van der Waals surface area contributed by atoms with Gasteiger partial charge in [0.05, 0.1) is 0 Å². The molecule has 0 spiro atoms. The van der Waals surface area contributed by atoms with Crippen LogP contribution in [0.3, 0.4) is 0 Å². The Balaban J connectivity index is 1.44. The molecule has 3 rings (SSSR count). The predicted octanol–water partition coefficient (Wildman–Crippen LogP) is 0.355. The van der Waals surface area contributed by atoms with Gasteiger partial charge in [-0.15, -0.1) is 0 Å². The van der Waals surface area contributed by atoms with Crippen LogP contribution < -0.4 is 16.2 Å². The van der Waals surface area contributed by atoms with Crippen LogP contribution >= 0.6 is 0 Å². The minimum absolute atomic E-state index is 0.0257. The molecule has 0 bridgehead atoms. The summed E-state index contributed by atoms with van der Waals surface area (Å²) in [4.78, 5) is 34.7. The van der Waals surface area contributed by atoms with Crippen molar-refractivity contribution < 1.29 is 18.8 Å². The molecule has 0 heterocycles. The Morgan fingerprint density at radius 1 is 1.00 bits per heavy atom. The molecule has 0 aromatic heterocycles. The Labute approximate surface area is 126 Å². The molecule has 2 aliphatic rings. The molecular formula is C15H16FN3O3. The van der Waals surface area contributed by atoms with Crippen LogP contribution in [-0.4, -0.2) is 23.8 Å². The van der Waals surface area contributed by atoms with Crippen molar-refractivity contribution in [1.82, 2.24) is 16.2 Å². The maximum Gasteiger partial charge on any atom is 0.327 e. The largest absolute Gasteiger partial charge is 0.345 e. The van der Waals surface area contributed by atoms with Gasteiger partial charge in [0.25, 0.3) is 0 Å². The molecule has 0 saturated heterocycles. The Morgan fingerprint density at radius 3 is 2.32 bits per heavy atom. The molecule has 3 amide bonds. The Morgan fingerprint density at radius 2 is 1.68 bits per heavy atom. The van der Waals surface area contributed by atoms with Crippen LogP contribution in [0.15, 0.2) is 24.3 Å². The van der Waals surface area contributed by atoms with Crippen molar-refractivity contribution in [2.75, 3.05) is 0 Å². The van der Waals surface area contributed by atoms with E-state index in [1.165, 1.54) is 12.1 Å². The van der Waals surface area contributed by atoms with Gasteiger partial charge in [-0.3, -0.25) is 25.2 Å². The van der Waals surface area contributed by atoms with E-state index >= 15 is 0 Å². The monoisotopic (exact) mass is 305 g/mol. The van der Waals surface area contributed by atoms with Crippen molar-refractivity contribution in [1.29, 1.82) is 0 Å². The van der Waals surface area contributed by atoms with Gasteiger partial charge >= 0.3 is 11.8 Å². The summed E-state index contributed by atoms with van der Waals surface area (Å²) in [6.07, 6.45) is 2.40. The zero-order chi connectivity index (χ0) is 15.7. The van der Waals surface area contributed by atoms with Gasteiger partial charge in [-0.1, -0.05) is 12.1 Å². The van der Waals surface area contributed by atoms with Gasteiger partial charge in [0, 0.05) is 12.0 Å². The van der Waals surface area contributed by atoms with Crippen LogP contribution in [0.5, 0.6) is 0 Å². The lowest BCUT2D eigenvalue weighted by atomic mass is 10.1. The molecule has 0 radical (unpaired) electrons. The molecule has 3 N–H and O–H groups in total. The average molecular weight is 305 g/mol. The van der Waals surface area contributed by atoms with E-state index in [4.69, 9.17) is 0 Å². The number of amides is 3. The number of carbonyl (C=O) groups excluding carboxylic acids is 3. The summed E-state index contributed by atoms with van der Waals surface area (Å²) in [5, 5.41) is 2.52. The Bertz CT molecular complexity index is 613. The Kier molecular flexibility index (Phi) is 3.79. The third-order valence-electron chi connectivity index (χ3n) is 3.84. The summed E-state index contributed by atoms with van der Waals surface area (Å²) in [6, 6.07) is 6.09. The fourth-order valence-electron chi connectivity index (χ4n) is 2.31. The van der Waals surface area contributed by atoms with E-state index in [1.807, 2.05) is 0 Å². The molecule has 2 unspecified atom stereocenters. The molecule has 6 nitrogen and oxygen atoms in total. The summed E-state index contributed by atoms with van der Waals surface area (Å²) < 4.78 is 12.8. The van der Waals surface area contributed by atoms with Gasteiger partial charge in [0.15, 0.2) is 0 Å². The lowest BCUT2D eigenvalue weighted by Crippen LogP contribution is -2.49. The molecule has 7 heteroatoms. The lowest BCUT2D eigenvalue weighted by molar-refractivity contribution is -0.141. The molecule has 2 atom stereocenters. The van der Waals surface area contributed by atoms with E-state index in [0.717, 1.165) is 18.4 Å². The molecule has 2 fully saturated rings. The Hall–Kier alpha value is -2.44. The second-order valence-corrected chi connectivity index (χ2v) is 5.69. The molecule has 2 aliphatic carbocycles. The number of hydrazine groups is 1. The summed E-state index contributed by atoms with van der Waals surface area (Å²) >= 11 is 0. The van der Waals surface area contributed by atoms with Crippen LogP contribution in [0.2, 0.25) is 0 Å². The second-order valence-electron chi connectivity index (χ2n) is 5.69. The van der Waals surface area contributed by atoms with Crippen molar-refractivity contribution in [3.63, 3.8) is 0 Å². The highest BCUT2D eigenvalue weighted by atomic mass is 19.1. The van der Waals surface area contributed by atoms with Crippen molar-refractivity contribution in [2.24, 2.45) is 5.92 Å². The van der Waals surface area contributed by atoms with E-state index in [9.17, 15) is 18.8 Å². The summed E-state index contributed by atoms with van der Waals surface area (Å²) in [5.41, 5.74) is 5.25. The number of hydrogen-bond donors (Lipinski definition) is 3. The minimum Gasteiger partial charge on any atom is -0.345 e. The predicted molar refractivity (Wildman–Crippen MR) is 74.7 cm³/mol. The SMILES string of the molecule is O=C(NNC(=O)C1CC1c1ccc(F)cc1)C(=O)NC1CC1. The number of nitrogens with one attached hydrogen (secondary N) is 3. The molecule has 116 valence electrons. The first-order valence-corrected chi connectivity index (χ1v) is 7.21. The third kappa shape index (κ3) is 3.41.